The lowest BCUT2D eigenvalue weighted by Gasteiger charge is -2.35. The Morgan fingerprint density at radius 2 is 1.96 bits per heavy atom. The Morgan fingerprint density at radius 3 is 2.63 bits per heavy atom. The van der Waals surface area contributed by atoms with Gasteiger partial charge in [0.1, 0.15) is 5.82 Å². The van der Waals surface area contributed by atoms with Gasteiger partial charge in [-0.1, -0.05) is 11.3 Å². The number of carbonyl (C=O) groups is 1. The largest absolute Gasteiger partial charge is 0.353 e. The second kappa shape index (κ2) is 7.39. The number of nitrogens with zero attached hydrogens (tertiary/aromatic N) is 8. The second-order valence-corrected chi connectivity index (χ2v) is 6.97. The van der Waals surface area contributed by atoms with Crippen LogP contribution in [0.1, 0.15) is 27.6 Å². The molecule has 1 aliphatic rings. The normalized spacial score (nSPS) is 14.6. The summed E-state index contributed by atoms with van der Waals surface area (Å²) in [7, 11) is 0. The number of rotatable bonds is 4. The first-order valence-corrected chi connectivity index (χ1v) is 9.50. The first kappa shape index (κ1) is 17.5. The van der Waals surface area contributed by atoms with Gasteiger partial charge in [-0.2, -0.15) is 8.75 Å². The van der Waals surface area contributed by atoms with Crippen LogP contribution < -0.4 is 4.90 Å². The number of anilines is 1. The monoisotopic (exact) mass is 384 g/mol. The van der Waals surface area contributed by atoms with Crippen LogP contribution in [0.4, 0.5) is 5.82 Å². The number of piperazine rings is 1. The third kappa shape index (κ3) is 3.52. The number of aromatic nitrogens is 6. The van der Waals surface area contributed by atoms with Gasteiger partial charge in [-0.15, -0.1) is 5.10 Å². The fraction of sp³-hybridized carbons (Fsp3) is 0.412. The number of amides is 1. The van der Waals surface area contributed by atoms with Crippen LogP contribution in [0.5, 0.6) is 0 Å². The molecule has 9 nitrogen and oxygen atoms in total. The minimum absolute atomic E-state index is 0.0763. The van der Waals surface area contributed by atoms with Gasteiger partial charge in [0.2, 0.25) is 0 Å². The van der Waals surface area contributed by atoms with Crippen LogP contribution >= 0.6 is 11.7 Å². The average Bonchev–Trinajstić information content (AvgIpc) is 3.28. The lowest BCUT2D eigenvalue weighted by Crippen LogP contribution is -2.49. The molecule has 0 aromatic carbocycles. The second-order valence-electron chi connectivity index (χ2n) is 6.44. The summed E-state index contributed by atoms with van der Waals surface area (Å²) >= 11 is 1.18. The Labute approximate surface area is 161 Å². The Bertz CT molecular complexity index is 930. The molecule has 10 heteroatoms. The maximum absolute atomic E-state index is 12.9. The minimum atomic E-state index is -0.0763. The summed E-state index contributed by atoms with van der Waals surface area (Å²) in [5.74, 6) is 0.867. The number of aryl methyl sites for hydroxylation is 1. The maximum atomic E-state index is 12.9. The van der Waals surface area contributed by atoms with Crippen molar-refractivity contribution in [2.45, 2.75) is 20.4 Å². The van der Waals surface area contributed by atoms with Crippen molar-refractivity contribution >= 4 is 23.5 Å². The molecule has 4 rings (SSSR count). The Morgan fingerprint density at radius 1 is 1.15 bits per heavy atom. The van der Waals surface area contributed by atoms with E-state index in [1.54, 1.807) is 10.9 Å². The van der Waals surface area contributed by atoms with Gasteiger partial charge in [0.25, 0.3) is 5.91 Å². The molecule has 27 heavy (non-hydrogen) atoms. The van der Waals surface area contributed by atoms with Gasteiger partial charge in [-0.05, 0) is 26.0 Å². The van der Waals surface area contributed by atoms with E-state index in [4.69, 9.17) is 0 Å². The number of pyridine rings is 1. The van der Waals surface area contributed by atoms with Gasteiger partial charge in [-0.25, -0.2) is 9.67 Å². The average molecular weight is 384 g/mol. The summed E-state index contributed by atoms with van der Waals surface area (Å²) in [6.07, 6.45) is 1.79. The van der Waals surface area contributed by atoms with E-state index in [-0.39, 0.29) is 5.91 Å². The van der Waals surface area contributed by atoms with Gasteiger partial charge in [0.15, 0.2) is 5.69 Å². The van der Waals surface area contributed by atoms with Crippen LogP contribution in [0.2, 0.25) is 0 Å². The summed E-state index contributed by atoms with van der Waals surface area (Å²) in [6.45, 7) is 7.03. The lowest BCUT2D eigenvalue weighted by atomic mass is 10.2. The minimum Gasteiger partial charge on any atom is -0.353 e. The first-order valence-electron chi connectivity index (χ1n) is 8.77. The Kier molecular flexibility index (Phi) is 4.80. The highest BCUT2D eigenvalue weighted by molar-refractivity contribution is 6.99. The summed E-state index contributed by atoms with van der Waals surface area (Å²) in [5, 5.41) is 8.28. The number of carbonyl (C=O) groups excluding carboxylic acids is 1. The fourth-order valence-electron chi connectivity index (χ4n) is 3.07. The van der Waals surface area contributed by atoms with Gasteiger partial charge < -0.3 is 9.80 Å². The third-order valence-corrected chi connectivity index (χ3v) is 5.43. The van der Waals surface area contributed by atoms with Crippen LogP contribution in [0, 0.1) is 13.8 Å². The maximum Gasteiger partial charge on any atom is 0.276 e. The van der Waals surface area contributed by atoms with Gasteiger partial charge in [0, 0.05) is 32.4 Å². The Balaban J connectivity index is 1.42. The number of hydrogen-bond donors (Lipinski definition) is 0. The summed E-state index contributed by atoms with van der Waals surface area (Å²) in [5.41, 5.74) is 2.89. The molecule has 1 amide bonds. The first-order chi connectivity index (χ1) is 13.1. The highest BCUT2D eigenvalue weighted by Crippen LogP contribution is 2.16. The van der Waals surface area contributed by atoms with E-state index in [1.165, 1.54) is 11.7 Å². The summed E-state index contributed by atoms with van der Waals surface area (Å²) < 4.78 is 10.2. The molecular weight excluding hydrogens is 364 g/mol. The zero-order chi connectivity index (χ0) is 18.8. The molecule has 1 saturated heterocycles. The van der Waals surface area contributed by atoms with Crippen molar-refractivity contribution in [3.8, 4) is 0 Å². The van der Waals surface area contributed by atoms with Gasteiger partial charge >= 0.3 is 0 Å². The van der Waals surface area contributed by atoms with Crippen molar-refractivity contribution in [1.82, 2.24) is 33.6 Å². The van der Waals surface area contributed by atoms with Crippen molar-refractivity contribution in [3.63, 3.8) is 0 Å². The molecule has 3 aromatic heterocycles. The van der Waals surface area contributed by atoms with E-state index in [1.807, 2.05) is 36.9 Å². The highest BCUT2D eigenvalue weighted by atomic mass is 32.1. The Hall–Kier alpha value is -2.88. The molecule has 4 heterocycles. The quantitative estimate of drug-likeness (QED) is 0.666. The van der Waals surface area contributed by atoms with Crippen LogP contribution in [0.3, 0.4) is 0 Å². The topological polar surface area (TPSA) is 92.9 Å². The van der Waals surface area contributed by atoms with E-state index >= 15 is 0 Å². The molecule has 0 unspecified atom stereocenters. The molecular formula is C17H20N8OS. The predicted octanol–water partition coefficient (Wildman–Crippen LogP) is 1.15. The fourth-order valence-corrected chi connectivity index (χ4v) is 3.63. The van der Waals surface area contributed by atoms with Crippen molar-refractivity contribution in [1.29, 1.82) is 0 Å². The molecule has 0 bridgehead atoms. The van der Waals surface area contributed by atoms with E-state index < -0.39 is 0 Å². The molecule has 1 aliphatic heterocycles. The summed E-state index contributed by atoms with van der Waals surface area (Å²) in [4.78, 5) is 21.3. The van der Waals surface area contributed by atoms with Crippen LogP contribution in [0.15, 0.2) is 24.4 Å². The molecule has 0 atom stereocenters. The standard InChI is InChI=1S/C17H20N8OS/c1-12-14(21-27-20-12)11-25-13(2)16(19-22-25)17(26)24-9-7-23(8-10-24)15-5-3-4-6-18-15/h3-6H,7-11H2,1-2H3. The molecule has 0 spiro atoms. The van der Waals surface area contributed by atoms with Crippen molar-refractivity contribution in [3.05, 3.63) is 47.2 Å². The number of hydrogen-bond acceptors (Lipinski definition) is 8. The van der Waals surface area contributed by atoms with E-state index in [9.17, 15) is 4.79 Å². The third-order valence-electron chi connectivity index (χ3n) is 4.77. The molecule has 0 N–H and O–H groups in total. The van der Waals surface area contributed by atoms with Crippen molar-refractivity contribution < 1.29 is 4.79 Å². The molecule has 3 aromatic rings. The van der Waals surface area contributed by atoms with Crippen LogP contribution in [0.25, 0.3) is 0 Å². The molecule has 1 fully saturated rings. The molecule has 0 saturated carbocycles. The molecule has 0 radical (unpaired) electrons. The zero-order valence-corrected chi connectivity index (χ0v) is 16.1. The predicted molar refractivity (Wildman–Crippen MR) is 101 cm³/mol. The van der Waals surface area contributed by atoms with E-state index in [0.717, 1.165) is 36.0 Å². The smallest absolute Gasteiger partial charge is 0.276 e. The van der Waals surface area contributed by atoms with E-state index in [0.29, 0.717) is 25.3 Å². The molecule has 0 aliphatic carbocycles. The van der Waals surface area contributed by atoms with Gasteiger partial charge in [0.05, 0.1) is 35.4 Å². The van der Waals surface area contributed by atoms with Crippen LogP contribution in [-0.4, -0.2) is 65.7 Å². The SMILES string of the molecule is Cc1nsnc1Cn1nnc(C(=O)N2CCN(c3ccccn3)CC2)c1C. The van der Waals surface area contributed by atoms with E-state index in [2.05, 4.69) is 28.9 Å². The highest BCUT2D eigenvalue weighted by Gasteiger charge is 2.26. The van der Waals surface area contributed by atoms with Crippen molar-refractivity contribution in [2.24, 2.45) is 0 Å². The van der Waals surface area contributed by atoms with Crippen LogP contribution in [-0.2, 0) is 6.54 Å². The molecule has 140 valence electrons. The van der Waals surface area contributed by atoms with Crippen molar-refractivity contribution in [2.75, 3.05) is 31.1 Å². The van der Waals surface area contributed by atoms with Gasteiger partial charge in [-0.3, -0.25) is 4.79 Å². The lowest BCUT2D eigenvalue weighted by molar-refractivity contribution is 0.0739. The zero-order valence-electron chi connectivity index (χ0n) is 15.2. The summed E-state index contributed by atoms with van der Waals surface area (Å²) in [6, 6.07) is 5.86.